The minimum absolute atomic E-state index is 0.130. The van der Waals surface area contributed by atoms with Crippen LogP contribution in [0.1, 0.15) is 29.9 Å². The molecular formula is C16H13Cl2N3OS. The summed E-state index contributed by atoms with van der Waals surface area (Å²) in [6, 6.07) is 10.6. The molecule has 0 aliphatic carbocycles. The molecule has 3 aromatic rings. The standard InChI is InChI=1S/C16H13Cl2N3OS/c1-9(21-7-10-4-2-3-5-11(10)8-21)13-6-12(20-22-13)14-15(17)19-16(18)23-14/h2-6,9H,7-8H2,1H3. The predicted molar refractivity (Wildman–Crippen MR) is 91.7 cm³/mol. The van der Waals surface area contributed by atoms with E-state index in [1.54, 1.807) is 0 Å². The van der Waals surface area contributed by atoms with Gasteiger partial charge in [0.2, 0.25) is 0 Å². The zero-order valence-electron chi connectivity index (χ0n) is 12.3. The van der Waals surface area contributed by atoms with Gasteiger partial charge in [0.1, 0.15) is 5.69 Å². The van der Waals surface area contributed by atoms with E-state index in [0.717, 1.165) is 23.7 Å². The van der Waals surface area contributed by atoms with Gasteiger partial charge in [-0.15, -0.1) is 0 Å². The largest absolute Gasteiger partial charge is 0.359 e. The van der Waals surface area contributed by atoms with Gasteiger partial charge in [0.25, 0.3) is 0 Å². The van der Waals surface area contributed by atoms with Gasteiger partial charge in [-0.05, 0) is 18.1 Å². The molecule has 1 aromatic carbocycles. The molecule has 0 bridgehead atoms. The van der Waals surface area contributed by atoms with Gasteiger partial charge < -0.3 is 4.52 Å². The molecule has 0 fully saturated rings. The molecule has 0 N–H and O–H groups in total. The molecule has 2 aromatic heterocycles. The quantitative estimate of drug-likeness (QED) is 0.640. The summed E-state index contributed by atoms with van der Waals surface area (Å²) in [7, 11) is 0. The lowest BCUT2D eigenvalue weighted by Crippen LogP contribution is -2.20. The third kappa shape index (κ3) is 2.78. The number of hydrogen-bond donors (Lipinski definition) is 0. The van der Waals surface area contributed by atoms with E-state index < -0.39 is 0 Å². The molecule has 118 valence electrons. The number of benzene rings is 1. The van der Waals surface area contributed by atoms with Gasteiger partial charge in [-0.25, -0.2) is 4.98 Å². The van der Waals surface area contributed by atoms with E-state index in [4.69, 9.17) is 27.7 Å². The monoisotopic (exact) mass is 365 g/mol. The average Bonchev–Trinajstić information content (AvgIpc) is 3.24. The van der Waals surface area contributed by atoms with Crippen molar-refractivity contribution in [1.82, 2.24) is 15.0 Å². The molecule has 1 aliphatic rings. The van der Waals surface area contributed by atoms with Gasteiger partial charge in [-0.1, -0.05) is 64.0 Å². The maximum absolute atomic E-state index is 6.08. The molecule has 1 unspecified atom stereocenters. The summed E-state index contributed by atoms with van der Waals surface area (Å²) in [6.07, 6.45) is 0. The Hall–Kier alpha value is -1.40. The van der Waals surface area contributed by atoms with E-state index in [1.807, 2.05) is 6.07 Å². The van der Waals surface area contributed by atoms with E-state index in [0.29, 0.717) is 15.3 Å². The van der Waals surface area contributed by atoms with Crippen LogP contribution >= 0.6 is 34.5 Å². The normalized spacial score (nSPS) is 15.8. The van der Waals surface area contributed by atoms with Gasteiger partial charge in [-0.2, -0.15) is 0 Å². The summed E-state index contributed by atoms with van der Waals surface area (Å²) < 4.78 is 5.94. The van der Waals surface area contributed by atoms with Crippen LogP contribution in [-0.4, -0.2) is 15.0 Å². The molecule has 0 radical (unpaired) electrons. The molecule has 0 spiro atoms. The maximum Gasteiger partial charge on any atom is 0.185 e. The molecule has 0 saturated heterocycles. The highest BCUT2D eigenvalue weighted by molar-refractivity contribution is 7.19. The van der Waals surface area contributed by atoms with E-state index in [9.17, 15) is 0 Å². The minimum atomic E-state index is 0.130. The Labute approximate surface area is 147 Å². The Morgan fingerprint density at radius 1 is 1.22 bits per heavy atom. The Kier molecular flexibility index (Phi) is 3.89. The second kappa shape index (κ2) is 5.91. The Balaban J connectivity index is 1.57. The van der Waals surface area contributed by atoms with Crippen LogP contribution in [-0.2, 0) is 13.1 Å². The predicted octanol–water partition coefficient (Wildman–Crippen LogP) is 5.18. The van der Waals surface area contributed by atoms with Crippen LogP contribution in [0.2, 0.25) is 9.62 Å². The van der Waals surface area contributed by atoms with Crippen molar-refractivity contribution in [1.29, 1.82) is 0 Å². The van der Waals surface area contributed by atoms with Gasteiger partial charge in [0, 0.05) is 19.2 Å². The van der Waals surface area contributed by atoms with Crippen LogP contribution < -0.4 is 0 Å². The first-order valence-corrected chi connectivity index (χ1v) is 8.78. The van der Waals surface area contributed by atoms with Crippen LogP contribution in [0.4, 0.5) is 0 Å². The summed E-state index contributed by atoms with van der Waals surface area (Å²) >= 11 is 13.3. The van der Waals surface area contributed by atoms with Crippen LogP contribution in [0.25, 0.3) is 10.6 Å². The lowest BCUT2D eigenvalue weighted by molar-refractivity contribution is 0.180. The highest BCUT2D eigenvalue weighted by Crippen LogP contribution is 2.37. The van der Waals surface area contributed by atoms with Gasteiger partial charge >= 0.3 is 0 Å². The van der Waals surface area contributed by atoms with Crippen molar-refractivity contribution >= 4 is 34.5 Å². The first-order chi connectivity index (χ1) is 11.1. The molecule has 23 heavy (non-hydrogen) atoms. The van der Waals surface area contributed by atoms with Crippen molar-refractivity contribution in [2.45, 2.75) is 26.1 Å². The second-order valence-electron chi connectivity index (χ2n) is 5.55. The first-order valence-electron chi connectivity index (χ1n) is 7.21. The summed E-state index contributed by atoms with van der Waals surface area (Å²) in [5.41, 5.74) is 3.42. The molecule has 7 heteroatoms. The average molecular weight is 366 g/mol. The molecule has 0 saturated carbocycles. The molecular weight excluding hydrogens is 353 g/mol. The molecule has 3 heterocycles. The van der Waals surface area contributed by atoms with Crippen molar-refractivity contribution in [3.8, 4) is 10.6 Å². The summed E-state index contributed by atoms with van der Waals surface area (Å²) in [4.78, 5) is 7.10. The van der Waals surface area contributed by atoms with Crippen molar-refractivity contribution in [2.24, 2.45) is 0 Å². The van der Waals surface area contributed by atoms with Crippen molar-refractivity contribution < 1.29 is 4.52 Å². The van der Waals surface area contributed by atoms with Crippen molar-refractivity contribution in [2.75, 3.05) is 0 Å². The first kappa shape index (κ1) is 15.1. The number of nitrogens with zero attached hydrogens (tertiary/aromatic N) is 3. The summed E-state index contributed by atoms with van der Waals surface area (Å²) in [5, 5.41) is 4.49. The third-order valence-electron chi connectivity index (χ3n) is 4.15. The van der Waals surface area contributed by atoms with E-state index in [-0.39, 0.29) is 6.04 Å². The number of halogens is 2. The van der Waals surface area contributed by atoms with Crippen LogP contribution in [0.3, 0.4) is 0 Å². The van der Waals surface area contributed by atoms with Crippen molar-refractivity contribution in [3.63, 3.8) is 0 Å². The summed E-state index contributed by atoms with van der Waals surface area (Å²) in [6.45, 7) is 3.96. The fraction of sp³-hybridized carbons (Fsp3) is 0.250. The maximum atomic E-state index is 6.08. The number of rotatable bonds is 3. The number of thiazole rings is 1. The second-order valence-corrected chi connectivity index (χ2v) is 7.49. The Morgan fingerprint density at radius 3 is 2.52 bits per heavy atom. The Bertz CT molecular complexity index is 836. The lowest BCUT2D eigenvalue weighted by Gasteiger charge is -2.20. The molecule has 0 amide bonds. The fourth-order valence-electron chi connectivity index (χ4n) is 2.84. The third-order valence-corrected chi connectivity index (χ3v) is 5.71. The highest BCUT2D eigenvalue weighted by atomic mass is 35.5. The number of fused-ring (bicyclic) bond motifs is 1. The number of aromatic nitrogens is 2. The molecule has 1 aliphatic heterocycles. The molecule has 4 rings (SSSR count). The Morgan fingerprint density at radius 2 is 1.91 bits per heavy atom. The minimum Gasteiger partial charge on any atom is -0.359 e. The van der Waals surface area contributed by atoms with E-state index in [2.05, 4.69) is 46.2 Å². The highest BCUT2D eigenvalue weighted by Gasteiger charge is 2.27. The topological polar surface area (TPSA) is 42.2 Å². The van der Waals surface area contributed by atoms with Gasteiger partial charge in [0.15, 0.2) is 15.4 Å². The molecule has 4 nitrogen and oxygen atoms in total. The zero-order chi connectivity index (χ0) is 16.0. The van der Waals surface area contributed by atoms with Crippen LogP contribution in [0, 0.1) is 0 Å². The van der Waals surface area contributed by atoms with Gasteiger partial charge in [0.05, 0.1) is 10.9 Å². The van der Waals surface area contributed by atoms with E-state index >= 15 is 0 Å². The van der Waals surface area contributed by atoms with Crippen LogP contribution in [0.5, 0.6) is 0 Å². The van der Waals surface area contributed by atoms with E-state index in [1.165, 1.54) is 22.5 Å². The SMILES string of the molecule is CC(c1cc(-c2sc(Cl)nc2Cl)no1)N1Cc2ccccc2C1. The van der Waals surface area contributed by atoms with Crippen molar-refractivity contribution in [3.05, 3.63) is 56.8 Å². The van der Waals surface area contributed by atoms with Gasteiger partial charge in [-0.3, -0.25) is 4.90 Å². The zero-order valence-corrected chi connectivity index (χ0v) is 14.6. The number of hydrogen-bond acceptors (Lipinski definition) is 5. The fourth-order valence-corrected chi connectivity index (χ4v) is 4.18. The molecule has 1 atom stereocenters. The lowest BCUT2D eigenvalue weighted by atomic mass is 10.1. The van der Waals surface area contributed by atoms with Crippen LogP contribution in [0.15, 0.2) is 34.9 Å². The summed E-state index contributed by atoms with van der Waals surface area (Å²) in [5.74, 6) is 0.813. The smallest absolute Gasteiger partial charge is 0.185 e.